The molecule has 0 aliphatic rings. The van der Waals surface area contributed by atoms with Gasteiger partial charge >= 0.3 is 0 Å². The van der Waals surface area contributed by atoms with Crippen LogP contribution in [0.3, 0.4) is 0 Å². The summed E-state index contributed by atoms with van der Waals surface area (Å²) in [5.41, 5.74) is 4.50. The number of halogens is 1. The summed E-state index contributed by atoms with van der Waals surface area (Å²) in [5, 5.41) is 3.25. The van der Waals surface area contributed by atoms with E-state index in [1.807, 2.05) is 6.07 Å². The molecule has 1 aromatic carbocycles. The van der Waals surface area contributed by atoms with Crippen LogP contribution in [0.1, 0.15) is 23.9 Å². The van der Waals surface area contributed by atoms with Crippen LogP contribution in [0.2, 0.25) is 0 Å². The molecular weight excluding hydrogens is 255 g/mol. The van der Waals surface area contributed by atoms with Gasteiger partial charge in [-0.25, -0.2) is 4.39 Å². The molecule has 1 heterocycles. The first-order valence-corrected chi connectivity index (χ1v) is 6.79. The number of rotatable bonds is 5. The molecule has 0 saturated heterocycles. The second-order valence-electron chi connectivity index (χ2n) is 4.84. The Kier molecular flexibility index (Phi) is 4.32. The Morgan fingerprint density at radius 2 is 2.00 bits per heavy atom. The highest BCUT2D eigenvalue weighted by Crippen LogP contribution is 2.22. The Labute approximate surface area is 119 Å². The molecule has 0 aliphatic carbocycles. The number of methoxy groups -OCH3 is 1. The van der Waals surface area contributed by atoms with Crippen LogP contribution >= 0.6 is 0 Å². The Hall–Kier alpha value is -1.97. The van der Waals surface area contributed by atoms with Gasteiger partial charge in [-0.15, -0.1) is 0 Å². The number of hydrogen-bond donors (Lipinski definition) is 1. The van der Waals surface area contributed by atoms with Crippen molar-refractivity contribution in [2.24, 2.45) is 0 Å². The first-order chi connectivity index (χ1) is 9.56. The first kappa shape index (κ1) is 14.4. The number of benzene rings is 1. The van der Waals surface area contributed by atoms with E-state index in [2.05, 4.69) is 36.7 Å². The lowest BCUT2D eigenvalue weighted by Crippen LogP contribution is -2.03. The highest BCUT2D eigenvalue weighted by molar-refractivity contribution is 5.48. The molecule has 0 amide bonds. The molecule has 1 N–H and O–H groups in total. The molecule has 0 fully saturated rings. The quantitative estimate of drug-likeness (QED) is 0.896. The summed E-state index contributed by atoms with van der Waals surface area (Å²) in [6, 6.07) is 7.08. The van der Waals surface area contributed by atoms with E-state index in [0.29, 0.717) is 6.54 Å². The van der Waals surface area contributed by atoms with Crippen LogP contribution in [0.5, 0.6) is 5.75 Å². The summed E-state index contributed by atoms with van der Waals surface area (Å²) in [6.45, 7) is 8.01. The van der Waals surface area contributed by atoms with Crippen LogP contribution in [0.15, 0.2) is 24.3 Å². The zero-order valence-electron chi connectivity index (χ0n) is 12.5. The summed E-state index contributed by atoms with van der Waals surface area (Å²) in [6.07, 6.45) is 0. The molecule has 1 aromatic heterocycles. The first-order valence-electron chi connectivity index (χ1n) is 6.79. The number of ether oxygens (including phenoxy) is 1. The van der Waals surface area contributed by atoms with E-state index < -0.39 is 0 Å². The summed E-state index contributed by atoms with van der Waals surface area (Å²) in [7, 11) is 1.46. The van der Waals surface area contributed by atoms with Crippen molar-refractivity contribution in [2.45, 2.75) is 33.9 Å². The molecule has 0 atom stereocenters. The maximum absolute atomic E-state index is 13.6. The van der Waals surface area contributed by atoms with Crippen LogP contribution in [-0.2, 0) is 13.1 Å². The van der Waals surface area contributed by atoms with Gasteiger partial charge in [-0.1, -0.05) is 0 Å². The van der Waals surface area contributed by atoms with Gasteiger partial charge in [0.15, 0.2) is 11.6 Å². The molecule has 0 bridgehead atoms. The third-order valence-electron chi connectivity index (χ3n) is 3.63. The Balaban J connectivity index is 2.11. The number of aromatic nitrogens is 1. The molecular formula is C16H21FN2O. The maximum Gasteiger partial charge on any atom is 0.167 e. The van der Waals surface area contributed by atoms with Gasteiger partial charge in [0.2, 0.25) is 0 Å². The third kappa shape index (κ3) is 2.79. The molecule has 0 saturated carbocycles. The minimum absolute atomic E-state index is 0.264. The summed E-state index contributed by atoms with van der Waals surface area (Å²) in [4.78, 5) is 0. The van der Waals surface area contributed by atoms with Gasteiger partial charge in [0, 0.05) is 36.2 Å². The van der Waals surface area contributed by atoms with Crippen molar-refractivity contribution in [3.05, 3.63) is 47.0 Å². The van der Waals surface area contributed by atoms with E-state index in [4.69, 9.17) is 4.74 Å². The molecule has 0 unspecified atom stereocenters. The number of nitrogens with zero attached hydrogens (tertiary/aromatic N) is 1. The van der Waals surface area contributed by atoms with Crippen LogP contribution in [0.4, 0.5) is 10.1 Å². The Morgan fingerprint density at radius 1 is 1.25 bits per heavy atom. The fourth-order valence-corrected chi connectivity index (χ4v) is 2.51. The number of anilines is 1. The monoisotopic (exact) mass is 276 g/mol. The zero-order chi connectivity index (χ0) is 14.7. The van der Waals surface area contributed by atoms with Gasteiger partial charge in [0.1, 0.15) is 0 Å². The zero-order valence-corrected chi connectivity index (χ0v) is 12.5. The predicted molar refractivity (Wildman–Crippen MR) is 79.9 cm³/mol. The summed E-state index contributed by atoms with van der Waals surface area (Å²) >= 11 is 0. The highest BCUT2D eigenvalue weighted by atomic mass is 19.1. The van der Waals surface area contributed by atoms with Crippen molar-refractivity contribution in [3.63, 3.8) is 0 Å². The van der Waals surface area contributed by atoms with E-state index in [-0.39, 0.29) is 11.6 Å². The van der Waals surface area contributed by atoms with E-state index in [0.717, 1.165) is 12.2 Å². The van der Waals surface area contributed by atoms with Crippen molar-refractivity contribution >= 4 is 5.69 Å². The number of hydrogen-bond acceptors (Lipinski definition) is 2. The topological polar surface area (TPSA) is 26.2 Å². The van der Waals surface area contributed by atoms with Gasteiger partial charge in [0.25, 0.3) is 0 Å². The minimum Gasteiger partial charge on any atom is -0.494 e. The fraction of sp³-hybridized carbons (Fsp3) is 0.375. The maximum atomic E-state index is 13.6. The van der Waals surface area contributed by atoms with Gasteiger partial charge < -0.3 is 14.6 Å². The van der Waals surface area contributed by atoms with Crippen molar-refractivity contribution < 1.29 is 9.13 Å². The number of nitrogens with one attached hydrogen (secondary N) is 1. The van der Waals surface area contributed by atoms with Crippen molar-refractivity contribution in [1.82, 2.24) is 4.57 Å². The van der Waals surface area contributed by atoms with Gasteiger partial charge in [-0.05, 0) is 44.5 Å². The van der Waals surface area contributed by atoms with Crippen LogP contribution in [-0.4, -0.2) is 11.7 Å². The van der Waals surface area contributed by atoms with Crippen molar-refractivity contribution in [2.75, 3.05) is 12.4 Å². The smallest absolute Gasteiger partial charge is 0.167 e. The lowest BCUT2D eigenvalue weighted by Gasteiger charge is -2.09. The minimum atomic E-state index is -0.350. The van der Waals surface area contributed by atoms with E-state index >= 15 is 0 Å². The lowest BCUT2D eigenvalue weighted by molar-refractivity contribution is 0.386. The van der Waals surface area contributed by atoms with Crippen molar-refractivity contribution in [3.8, 4) is 5.75 Å². The highest BCUT2D eigenvalue weighted by Gasteiger charge is 2.08. The normalized spacial score (nSPS) is 10.7. The molecule has 0 radical (unpaired) electrons. The molecule has 2 aromatic rings. The van der Waals surface area contributed by atoms with Crippen molar-refractivity contribution in [1.29, 1.82) is 0 Å². The van der Waals surface area contributed by atoms with Gasteiger partial charge in [-0.3, -0.25) is 0 Å². The molecule has 0 aliphatic heterocycles. The van der Waals surface area contributed by atoms with Gasteiger partial charge in [0.05, 0.1) is 7.11 Å². The average Bonchev–Trinajstić information content (AvgIpc) is 2.70. The Morgan fingerprint density at radius 3 is 2.55 bits per heavy atom. The standard InChI is InChI=1S/C16H21FN2O/c1-5-19-11(2)8-13(12(19)3)10-18-14-6-7-16(20-4)15(17)9-14/h6-9,18H,5,10H2,1-4H3. The van der Waals surface area contributed by atoms with Crippen LogP contribution < -0.4 is 10.1 Å². The Bertz CT molecular complexity index is 605. The summed E-state index contributed by atoms with van der Waals surface area (Å²) in [5.74, 6) is -0.0868. The van der Waals surface area contributed by atoms with Crippen LogP contribution in [0.25, 0.3) is 0 Å². The molecule has 0 spiro atoms. The second kappa shape index (κ2) is 5.99. The molecule has 108 valence electrons. The third-order valence-corrected chi connectivity index (χ3v) is 3.63. The summed E-state index contributed by atoms with van der Waals surface area (Å²) < 4.78 is 20.8. The predicted octanol–water partition coefficient (Wildman–Crippen LogP) is 3.88. The molecule has 2 rings (SSSR count). The largest absolute Gasteiger partial charge is 0.494 e. The SMILES string of the molecule is CCn1c(C)cc(CNc2ccc(OC)c(F)c2)c1C. The molecule has 4 heteroatoms. The molecule has 20 heavy (non-hydrogen) atoms. The average molecular weight is 276 g/mol. The van der Waals surface area contributed by atoms with E-state index in [1.54, 1.807) is 6.07 Å². The second-order valence-corrected chi connectivity index (χ2v) is 4.84. The number of aryl methyl sites for hydroxylation is 1. The van der Waals surface area contributed by atoms with Gasteiger partial charge in [-0.2, -0.15) is 0 Å². The lowest BCUT2D eigenvalue weighted by atomic mass is 10.2. The molecule has 3 nitrogen and oxygen atoms in total. The van der Waals surface area contributed by atoms with Crippen LogP contribution in [0, 0.1) is 19.7 Å². The van der Waals surface area contributed by atoms with E-state index in [9.17, 15) is 4.39 Å². The van der Waals surface area contributed by atoms with E-state index in [1.165, 1.54) is 30.1 Å². The fourth-order valence-electron chi connectivity index (χ4n) is 2.51.